The fourth-order valence-corrected chi connectivity index (χ4v) is 3.49. The highest BCUT2D eigenvalue weighted by atomic mass is 79.9. The molecule has 1 aromatic carbocycles. The molecule has 1 atom stereocenters. The Labute approximate surface area is 118 Å². The van der Waals surface area contributed by atoms with Gasteiger partial charge in [-0.2, -0.15) is 0 Å². The normalized spacial score (nSPS) is 12.8. The summed E-state index contributed by atoms with van der Waals surface area (Å²) in [5, 5.41) is 3.18. The maximum atomic E-state index is 6.35. The van der Waals surface area contributed by atoms with Gasteiger partial charge >= 0.3 is 0 Å². The molecule has 0 radical (unpaired) electrons. The van der Waals surface area contributed by atoms with Gasteiger partial charge in [0.1, 0.15) is 0 Å². The fourth-order valence-electron chi connectivity index (χ4n) is 2.02. The molecular formula is C14H11BrN2S. The van der Waals surface area contributed by atoms with Crippen molar-refractivity contribution in [1.29, 1.82) is 0 Å². The third-order valence-corrected chi connectivity index (χ3v) is 4.67. The number of rotatable bonds is 2. The van der Waals surface area contributed by atoms with Gasteiger partial charge in [0, 0.05) is 31.9 Å². The lowest BCUT2D eigenvalue weighted by molar-refractivity contribution is 0.899. The summed E-state index contributed by atoms with van der Waals surface area (Å²) < 4.78 is 1.08. The van der Waals surface area contributed by atoms with Crippen LogP contribution in [0.15, 0.2) is 52.4 Å². The van der Waals surface area contributed by atoms with Crippen molar-refractivity contribution in [3.63, 3.8) is 0 Å². The topological polar surface area (TPSA) is 38.9 Å². The Morgan fingerprint density at radius 2 is 2.06 bits per heavy atom. The minimum absolute atomic E-state index is 0.125. The Bertz CT molecular complexity index is 688. The van der Waals surface area contributed by atoms with E-state index in [0.29, 0.717) is 0 Å². The number of thiophene rings is 1. The van der Waals surface area contributed by atoms with E-state index in [1.165, 1.54) is 0 Å². The molecule has 2 nitrogen and oxygen atoms in total. The van der Waals surface area contributed by atoms with E-state index in [2.05, 4.69) is 39.1 Å². The lowest BCUT2D eigenvalue weighted by Crippen LogP contribution is -2.11. The molecule has 1 unspecified atom stereocenters. The molecular weight excluding hydrogens is 308 g/mol. The molecule has 0 saturated heterocycles. The average Bonchev–Trinajstić information content (AvgIpc) is 2.84. The Morgan fingerprint density at radius 1 is 1.22 bits per heavy atom. The quantitative estimate of drug-likeness (QED) is 0.772. The van der Waals surface area contributed by atoms with Gasteiger partial charge in [-0.15, -0.1) is 11.3 Å². The molecule has 0 saturated carbocycles. The zero-order chi connectivity index (χ0) is 12.5. The number of aromatic nitrogens is 1. The van der Waals surface area contributed by atoms with E-state index in [9.17, 15) is 0 Å². The van der Waals surface area contributed by atoms with Gasteiger partial charge in [0.2, 0.25) is 0 Å². The fraction of sp³-hybridized carbons (Fsp3) is 0.0714. The number of hydrogen-bond acceptors (Lipinski definition) is 3. The van der Waals surface area contributed by atoms with Crippen LogP contribution in [0.3, 0.4) is 0 Å². The molecule has 0 aliphatic carbocycles. The monoisotopic (exact) mass is 318 g/mol. The van der Waals surface area contributed by atoms with Gasteiger partial charge in [-0.25, -0.2) is 0 Å². The van der Waals surface area contributed by atoms with Crippen LogP contribution in [-0.2, 0) is 0 Å². The van der Waals surface area contributed by atoms with Crippen molar-refractivity contribution in [2.75, 3.05) is 0 Å². The zero-order valence-corrected chi connectivity index (χ0v) is 11.9. The maximum Gasteiger partial charge on any atom is 0.0753 e. The number of halogens is 1. The molecule has 2 aromatic heterocycles. The van der Waals surface area contributed by atoms with Crippen LogP contribution in [0.4, 0.5) is 0 Å². The minimum Gasteiger partial charge on any atom is -0.320 e. The van der Waals surface area contributed by atoms with Gasteiger partial charge in [-0.3, -0.25) is 4.98 Å². The van der Waals surface area contributed by atoms with Crippen LogP contribution in [0, 0.1) is 0 Å². The largest absolute Gasteiger partial charge is 0.320 e. The molecule has 18 heavy (non-hydrogen) atoms. The molecule has 0 bridgehead atoms. The molecule has 90 valence electrons. The van der Waals surface area contributed by atoms with Gasteiger partial charge in [-0.05, 0) is 28.1 Å². The zero-order valence-electron chi connectivity index (χ0n) is 9.51. The first kappa shape index (κ1) is 11.8. The Balaban J connectivity index is 2.14. The van der Waals surface area contributed by atoms with Gasteiger partial charge in [0.25, 0.3) is 0 Å². The smallest absolute Gasteiger partial charge is 0.0753 e. The van der Waals surface area contributed by atoms with Crippen LogP contribution >= 0.6 is 27.3 Å². The Kier molecular flexibility index (Phi) is 3.16. The van der Waals surface area contributed by atoms with Crippen LogP contribution in [0.1, 0.15) is 16.5 Å². The first-order valence-electron chi connectivity index (χ1n) is 5.59. The summed E-state index contributed by atoms with van der Waals surface area (Å²) >= 11 is 5.12. The molecule has 0 aliphatic rings. The number of pyridine rings is 1. The highest BCUT2D eigenvalue weighted by Gasteiger charge is 2.14. The van der Waals surface area contributed by atoms with Crippen molar-refractivity contribution >= 4 is 38.2 Å². The summed E-state index contributed by atoms with van der Waals surface area (Å²) in [4.78, 5) is 5.59. The lowest BCUT2D eigenvalue weighted by Gasteiger charge is -2.12. The van der Waals surface area contributed by atoms with Crippen LogP contribution in [-0.4, -0.2) is 4.98 Å². The summed E-state index contributed by atoms with van der Waals surface area (Å²) in [5.41, 5.74) is 8.40. The van der Waals surface area contributed by atoms with E-state index < -0.39 is 0 Å². The second-order valence-corrected chi connectivity index (χ2v) is 5.93. The minimum atomic E-state index is -0.125. The molecule has 0 fully saturated rings. The summed E-state index contributed by atoms with van der Waals surface area (Å²) in [5.74, 6) is 0. The summed E-state index contributed by atoms with van der Waals surface area (Å²) in [6.07, 6.45) is 1.81. The second kappa shape index (κ2) is 4.80. The number of nitrogens with two attached hydrogens (primary N) is 1. The molecule has 3 rings (SSSR count). The van der Waals surface area contributed by atoms with Gasteiger partial charge in [0.05, 0.1) is 11.6 Å². The highest BCUT2D eigenvalue weighted by Crippen LogP contribution is 2.31. The van der Waals surface area contributed by atoms with Crippen molar-refractivity contribution in [2.45, 2.75) is 6.04 Å². The standard InChI is InChI=1S/C14H11BrN2S/c15-10-7-12(18-8-10)13(16)11-5-1-3-9-4-2-6-17-14(9)11/h1-8,13H,16H2. The molecule has 0 amide bonds. The van der Waals surface area contributed by atoms with Crippen molar-refractivity contribution < 1.29 is 0 Å². The summed E-state index contributed by atoms with van der Waals surface area (Å²) in [6.45, 7) is 0. The van der Waals surface area contributed by atoms with Gasteiger partial charge in [-0.1, -0.05) is 24.3 Å². The molecule has 0 spiro atoms. The van der Waals surface area contributed by atoms with Gasteiger partial charge < -0.3 is 5.73 Å². The van der Waals surface area contributed by atoms with Crippen LogP contribution < -0.4 is 5.73 Å². The first-order valence-corrected chi connectivity index (χ1v) is 7.26. The number of benzene rings is 1. The van der Waals surface area contributed by atoms with Crippen LogP contribution in [0.2, 0.25) is 0 Å². The van der Waals surface area contributed by atoms with E-state index in [-0.39, 0.29) is 6.04 Å². The van der Waals surface area contributed by atoms with Crippen molar-refractivity contribution in [1.82, 2.24) is 4.98 Å². The van der Waals surface area contributed by atoms with E-state index in [4.69, 9.17) is 5.73 Å². The lowest BCUT2D eigenvalue weighted by atomic mass is 10.0. The average molecular weight is 319 g/mol. The SMILES string of the molecule is NC(c1cc(Br)cs1)c1cccc2cccnc12. The summed E-state index contributed by atoms with van der Waals surface area (Å²) in [7, 11) is 0. The Hall–Kier alpha value is -1.23. The highest BCUT2D eigenvalue weighted by molar-refractivity contribution is 9.10. The van der Waals surface area contributed by atoms with Crippen molar-refractivity contribution in [2.24, 2.45) is 5.73 Å². The molecule has 2 N–H and O–H groups in total. The van der Waals surface area contributed by atoms with Crippen LogP contribution in [0.5, 0.6) is 0 Å². The number of fused-ring (bicyclic) bond motifs is 1. The van der Waals surface area contributed by atoms with Crippen LogP contribution in [0.25, 0.3) is 10.9 Å². The molecule has 2 heterocycles. The molecule has 0 aliphatic heterocycles. The molecule has 3 aromatic rings. The first-order chi connectivity index (χ1) is 8.75. The van der Waals surface area contributed by atoms with E-state index in [1.54, 1.807) is 11.3 Å². The number of para-hydroxylation sites is 1. The summed E-state index contributed by atoms with van der Waals surface area (Å²) in [6, 6.07) is 12.1. The number of nitrogens with zero attached hydrogens (tertiary/aromatic N) is 1. The van der Waals surface area contributed by atoms with E-state index in [1.807, 2.05) is 29.8 Å². The van der Waals surface area contributed by atoms with E-state index in [0.717, 1.165) is 25.8 Å². The predicted molar refractivity (Wildman–Crippen MR) is 79.8 cm³/mol. The van der Waals surface area contributed by atoms with Gasteiger partial charge in [0.15, 0.2) is 0 Å². The Morgan fingerprint density at radius 3 is 2.83 bits per heavy atom. The van der Waals surface area contributed by atoms with Crippen molar-refractivity contribution in [3.05, 3.63) is 62.9 Å². The third-order valence-electron chi connectivity index (χ3n) is 2.89. The second-order valence-electron chi connectivity index (χ2n) is 4.07. The molecule has 4 heteroatoms. The van der Waals surface area contributed by atoms with E-state index >= 15 is 0 Å². The predicted octanol–water partition coefficient (Wildman–Crippen LogP) is 4.11. The maximum absolute atomic E-state index is 6.35. The third kappa shape index (κ3) is 2.07. The van der Waals surface area contributed by atoms with Crippen molar-refractivity contribution in [3.8, 4) is 0 Å². The number of hydrogen-bond donors (Lipinski definition) is 1.